The highest BCUT2D eigenvalue weighted by molar-refractivity contribution is 5.55. The molecule has 0 fully saturated rings. The lowest BCUT2D eigenvalue weighted by Crippen LogP contribution is -2.39. The van der Waals surface area contributed by atoms with Gasteiger partial charge in [0.1, 0.15) is 5.82 Å². The van der Waals surface area contributed by atoms with Gasteiger partial charge in [0.15, 0.2) is 0 Å². The minimum Gasteiger partial charge on any atom is -0.385 e. The van der Waals surface area contributed by atoms with Crippen molar-refractivity contribution in [3.8, 4) is 0 Å². The molecular weight excluding hydrogens is 215 g/mol. The third kappa shape index (κ3) is 3.19. The Morgan fingerprint density at radius 3 is 2.88 bits per heavy atom. The number of hydrogen-bond donors (Lipinski definition) is 2. The standard InChI is InChI=1S/C14H21FN2/c1-14(2,3)17-9-10-6-7-16-13-5-4-11(15)8-12(10)13/h4-5,8,10,16-17H,6-7,9H2,1-3H3. The Bertz CT molecular complexity index is 396. The largest absolute Gasteiger partial charge is 0.385 e. The zero-order valence-corrected chi connectivity index (χ0v) is 10.8. The van der Waals surface area contributed by atoms with Crippen LogP contribution in [0, 0.1) is 5.82 Å². The summed E-state index contributed by atoms with van der Waals surface area (Å²) in [5.74, 6) is 0.259. The first-order valence-electron chi connectivity index (χ1n) is 6.24. The van der Waals surface area contributed by atoms with Crippen LogP contribution < -0.4 is 10.6 Å². The van der Waals surface area contributed by atoms with Crippen LogP contribution in [0.25, 0.3) is 0 Å². The second kappa shape index (κ2) is 4.65. The maximum Gasteiger partial charge on any atom is 0.123 e. The molecule has 0 amide bonds. The molecule has 1 aromatic carbocycles. The van der Waals surface area contributed by atoms with E-state index in [0.717, 1.165) is 30.8 Å². The molecule has 1 aliphatic heterocycles. The van der Waals surface area contributed by atoms with E-state index in [4.69, 9.17) is 0 Å². The molecular formula is C14H21FN2. The van der Waals surface area contributed by atoms with Crippen molar-refractivity contribution < 1.29 is 4.39 Å². The van der Waals surface area contributed by atoms with E-state index < -0.39 is 0 Å². The third-order valence-electron chi connectivity index (χ3n) is 3.14. The topological polar surface area (TPSA) is 24.1 Å². The van der Waals surface area contributed by atoms with E-state index in [2.05, 4.69) is 31.4 Å². The van der Waals surface area contributed by atoms with Crippen molar-refractivity contribution in [3.63, 3.8) is 0 Å². The van der Waals surface area contributed by atoms with Gasteiger partial charge in [-0.3, -0.25) is 0 Å². The van der Waals surface area contributed by atoms with Crippen molar-refractivity contribution in [3.05, 3.63) is 29.6 Å². The second-order valence-electron chi connectivity index (χ2n) is 5.77. The summed E-state index contributed by atoms with van der Waals surface area (Å²) in [5, 5.41) is 6.82. The summed E-state index contributed by atoms with van der Waals surface area (Å²) in [6.07, 6.45) is 1.06. The number of rotatable bonds is 2. The Hall–Kier alpha value is -1.09. The maximum absolute atomic E-state index is 13.3. The zero-order chi connectivity index (χ0) is 12.5. The quantitative estimate of drug-likeness (QED) is 0.824. The van der Waals surface area contributed by atoms with Crippen molar-refractivity contribution in [1.29, 1.82) is 0 Å². The molecule has 3 heteroatoms. The summed E-state index contributed by atoms with van der Waals surface area (Å²) in [5.41, 5.74) is 2.30. The van der Waals surface area contributed by atoms with Gasteiger partial charge in [-0.1, -0.05) is 0 Å². The number of hydrogen-bond acceptors (Lipinski definition) is 2. The monoisotopic (exact) mass is 236 g/mol. The lowest BCUT2D eigenvalue weighted by molar-refractivity contribution is 0.399. The molecule has 0 spiro atoms. The van der Waals surface area contributed by atoms with E-state index >= 15 is 0 Å². The van der Waals surface area contributed by atoms with Crippen molar-refractivity contribution in [2.45, 2.75) is 38.6 Å². The van der Waals surface area contributed by atoms with Gasteiger partial charge >= 0.3 is 0 Å². The molecule has 0 aliphatic carbocycles. The number of nitrogens with one attached hydrogen (secondary N) is 2. The number of anilines is 1. The van der Waals surface area contributed by atoms with Crippen LogP contribution in [0.5, 0.6) is 0 Å². The molecule has 0 saturated heterocycles. The molecule has 2 rings (SSSR count). The average molecular weight is 236 g/mol. The summed E-state index contributed by atoms with van der Waals surface area (Å²) >= 11 is 0. The van der Waals surface area contributed by atoms with Crippen LogP contribution >= 0.6 is 0 Å². The Balaban J connectivity index is 2.14. The lowest BCUT2D eigenvalue weighted by Gasteiger charge is -2.30. The molecule has 17 heavy (non-hydrogen) atoms. The molecule has 94 valence electrons. The number of halogens is 1. The molecule has 1 unspecified atom stereocenters. The van der Waals surface area contributed by atoms with Crippen LogP contribution in [0.15, 0.2) is 18.2 Å². The molecule has 0 radical (unpaired) electrons. The first-order valence-corrected chi connectivity index (χ1v) is 6.24. The molecule has 1 heterocycles. The molecule has 2 nitrogen and oxygen atoms in total. The van der Waals surface area contributed by atoms with Crippen molar-refractivity contribution in [1.82, 2.24) is 5.32 Å². The Labute approximate surface area is 103 Å². The lowest BCUT2D eigenvalue weighted by atomic mass is 9.90. The minimum atomic E-state index is -0.145. The van der Waals surface area contributed by atoms with Gasteiger partial charge in [-0.05, 0) is 51.0 Å². The second-order valence-corrected chi connectivity index (χ2v) is 5.77. The van der Waals surface area contributed by atoms with Crippen LogP contribution in [0.1, 0.15) is 38.7 Å². The Kier molecular flexibility index (Phi) is 3.38. The fourth-order valence-corrected chi connectivity index (χ4v) is 2.21. The molecule has 1 aromatic rings. The van der Waals surface area contributed by atoms with E-state index in [-0.39, 0.29) is 11.4 Å². The predicted molar refractivity (Wildman–Crippen MR) is 70.0 cm³/mol. The zero-order valence-electron chi connectivity index (χ0n) is 10.8. The summed E-state index contributed by atoms with van der Waals surface area (Å²) in [4.78, 5) is 0. The van der Waals surface area contributed by atoms with E-state index in [1.807, 2.05) is 6.07 Å². The number of benzene rings is 1. The van der Waals surface area contributed by atoms with Gasteiger partial charge in [0.2, 0.25) is 0 Å². The van der Waals surface area contributed by atoms with Gasteiger partial charge < -0.3 is 10.6 Å². The molecule has 0 aromatic heterocycles. The van der Waals surface area contributed by atoms with Crippen LogP contribution in [0.2, 0.25) is 0 Å². The molecule has 2 N–H and O–H groups in total. The molecule has 0 saturated carbocycles. The highest BCUT2D eigenvalue weighted by Gasteiger charge is 2.22. The van der Waals surface area contributed by atoms with Gasteiger partial charge in [0.05, 0.1) is 0 Å². The first-order chi connectivity index (χ1) is 7.96. The van der Waals surface area contributed by atoms with Gasteiger partial charge in [0.25, 0.3) is 0 Å². The Morgan fingerprint density at radius 2 is 2.18 bits per heavy atom. The summed E-state index contributed by atoms with van der Waals surface area (Å²) in [6.45, 7) is 8.33. The normalized spacial score (nSPS) is 19.6. The SMILES string of the molecule is CC(C)(C)NCC1CCNc2ccc(F)cc21. The van der Waals surface area contributed by atoms with Crippen molar-refractivity contribution in [2.24, 2.45) is 0 Å². The third-order valence-corrected chi connectivity index (χ3v) is 3.14. The molecule has 0 bridgehead atoms. The predicted octanol–water partition coefficient (Wildman–Crippen LogP) is 3.11. The fourth-order valence-electron chi connectivity index (χ4n) is 2.21. The van der Waals surface area contributed by atoms with Crippen LogP contribution in [0.4, 0.5) is 10.1 Å². The van der Waals surface area contributed by atoms with E-state index in [9.17, 15) is 4.39 Å². The number of fused-ring (bicyclic) bond motifs is 1. The van der Waals surface area contributed by atoms with Crippen molar-refractivity contribution >= 4 is 5.69 Å². The van der Waals surface area contributed by atoms with Crippen LogP contribution in [-0.2, 0) is 0 Å². The Morgan fingerprint density at radius 1 is 1.41 bits per heavy atom. The summed E-state index contributed by atoms with van der Waals surface area (Å²) < 4.78 is 13.3. The smallest absolute Gasteiger partial charge is 0.123 e. The van der Waals surface area contributed by atoms with E-state index in [0.29, 0.717) is 5.92 Å². The summed E-state index contributed by atoms with van der Waals surface area (Å²) in [6, 6.07) is 5.02. The average Bonchev–Trinajstić information content (AvgIpc) is 2.25. The van der Waals surface area contributed by atoms with Gasteiger partial charge in [-0.2, -0.15) is 0 Å². The highest BCUT2D eigenvalue weighted by Crippen LogP contribution is 2.31. The first kappa shape index (κ1) is 12.4. The fraction of sp³-hybridized carbons (Fsp3) is 0.571. The van der Waals surface area contributed by atoms with Crippen LogP contribution in [0.3, 0.4) is 0 Å². The van der Waals surface area contributed by atoms with E-state index in [1.165, 1.54) is 6.07 Å². The van der Waals surface area contributed by atoms with Gasteiger partial charge in [-0.15, -0.1) is 0 Å². The van der Waals surface area contributed by atoms with E-state index in [1.54, 1.807) is 6.07 Å². The van der Waals surface area contributed by atoms with Crippen molar-refractivity contribution in [2.75, 3.05) is 18.4 Å². The molecule has 1 aliphatic rings. The van der Waals surface area contributed by atoms with Crippen LogP contribution in [-0.4, -0.2) is 18.6 Å². The summed E-state index contributed by atoms with van der Waals surface area (Å²) in [7, 11) is 0. The van der Waals surface area contributed by atoms with Gasteiger partial charge in [0, 0.05) is 30.2 Å². The maximum atomic E-state index is 13.3. The molecule has 1 atom stereocenters. The highest BCUT2D eigenvalue weighted by atomic mass is 19.1. The van der Waals surface area contributed by atoms with Gasteiger partial charge in [-0.25, -0.2) is 4.39 Å². The minimum absolute atomic E-state index is 0.109.